The summed E-state index contributed by atoms with van der Waals surface area (Å²) < 4.78 is 77.6. The number of aliphatic imine (C=N–C) groups is 2. The van der Waals surface area contributed by atoms with Gasteiger partial charge in [0.2, 0.25) is 20.0 Å². The Morgan fingerprint density at radius 3 is 1.74 bits per heavy atom. The Balaban J connectivity index is 0.865. The molecule has 4 aliphatic heterocycles. The number of methoxy groups -OCH3 is 2. The molecule has 1 aromatic heterocycles. The third kappa shape index (κ3) is 9.25. The molecule has 1 unspecified atom stereocenters. The molecule has 0 radical (unpaired) electrons. The molecule has 19 heteroatoms. The number of carbonyl (C=O) groups excluding carboxylic acids is 2. The average molecular weight is 972 g/mol. The number of benzene rings is 4. The van der Waals surface area contributed by atoms with Gasteiger partial charge in [0.05, 0.1) is 69.5 Å². The van der Waals surface area contributed by atoms with Gasteiger partial charge in [-0.05, 0) is 98.2 Å². The van der Waals surface area contributed by atoms with Crippen LogP contribution in [0.4, 0.5) is 11.4 Å². The summed E-state index contributed by atoms with van der Waals surface area (Å²) in [5, 5.41) is 0. The minimum atomic E-state index is -3.58. The molecule has 4 aliphatic rings. The van der Waals surface area contributed by atoms with Gasteiger partial charge < -0.3 is 28.7 Å². The molecule has 0 saturated carbocycles. The van der Waals surface area contributed by atoms with Gasteiger partial charge in [0.15, 0.2) is 23.0 Å². The SMILES string of the molecule is CNS(=O)(=O)c1ccc(C2=CCN3C(=O)c4cc(OC)c(OCc5cccc(COc6cc7c(cc6OC)C(=O)N6CC=C(c8ccc(S(=O)(=O)NC)cc8)C[C@@]6(C)C=N7)n5)cc4N=CC3C2)cc1. The lowest BCUT2D eigenvalue weighted by Crippen LogP contribution is -2.52. The summed E-state index contributed by atoms with van der Waals surface area (Å²) in [6.07, 6.45) is 8.44. The maximum absolute atomic E-state index is 14.1. The highest BCUT2D eigenvalue weighted by Gasteiger charge is 2.41. The van der Waals surface area contributed by atoms with Crippen molar-refractivity contribution in [2.75, 3.05) is 41.4 Å². The third-order valence-electron chi connectivity index (χ3n) is 12.7. The number of carbonyl (C=O) groups is 2. The van der Waals surface area contributed by atoms with Gasteiger partial charge >= 0.3 is 0 Å². The number of ether oxygens (including phenoxy) is 4. The molecule has 69 heavy (non-hydrogen) atoms. The van der Waals surface area contributed by atoms with E-state index in [-0.39, 0.29) is 40.9 Å². The van der Waals surface area contributed by atoms with Crippen LogP contribution in [0.1, 0.15) is 63.0 Å². The van der Waals surface area contributed by atoms with Crippen molar-refractivity contribution < 1.29 is 45.4 Å². The highest BCUT2D eigenvalue weighted by atomic mass is 32.2. The lowest BCUT2D eigenvalue weighted by molar-refractivity contribution is 0.0661. The molecule has 0 aliphatic carbocycles. The van der Waals surface area contributed by atoms with E-state index in [1.165, 1.54) is 28.3 Å². The zero-order chi connectivity index (χ0) is 48.7. The minimum Gasteiger partial charge on any atom is -0.493 e. The van der Waals surface area contributed by atoms with Crippen LogP contribution in [0.2, 0.25) is 0 Å². The Hall–Kier alpha value is -7.19. The van der Waals surface area contributed by atoms with Crippen molar-refractivity contribution in [3.8, 4) is 23.0 Å². The second kappa shape index (κ2) is 18.7. The van der Waals surface area contributed by atoms with Crippen molar-refractivity contribution in [3.05, 3.63) is 137 Å². The minimum absolute atomic E-state index is 0.0585. The average Bonchev–Trinajstić information content (AvgIpc) is 3.57. The summed E-state index contributed by atoms with van der Waals surface area (Å²) in [7, 11) is -1.41. The first-order valence-corrected chi connectivity index (χ1v) is 24.9. The molecule has 356 valence electrons. The molecule has 2 N–H and O–H groups in total. The zero-order valence-corrected chi connectivity index (χ0v) is 40.1. The highest BCUT2D eigenvalue weighted by Crippen LogP contribution is 2.43. The number of nitrogens with zero attached hydrogens (tertiary/aromatic N) is 5. The standard InChI is InChI=1S/C50H49N7O10S2/c1-50-26-34(32-11-15-39(16-12-32)69(62,63)52-3)18-20-57(50)49(59)41-23-45(65-5)47(25-43(41)54-30-50)67-29-36-8-6-7-35(55-36)28-66-46-24-42-40(22-44(46)64-4)48(58)56-19-17-33(21-37(56)27-53-42)31-9-13-38(14-10-31)68(60,61)51-2/h6-18,22-25,27,30,37,51-52H,19-21,26,28-29H2,1-5H3/t37?,50-/m0/s1. The topological polar surface area (TPSA) is 207 Å². The first-order valence-electron chi connectivity index (χ1n) is 22.0. The van der Waals surface area contributed by atoms with Crippen molar-refractivity contribution in [1.82, 2.24) is 24.2 Å². The smallest absolute Gasteiger partial charge is 0.257 e. The van der Waals surface area contributed by atoms with Crippen molar-refractivity contribution >= 4 is 66.8 Å². The number of hydrogen-bond donors (Lipinski definition) is 2. The van der Waals surface area contributed by atoms with E-state index < -0.39 is 25.6 Å². The number of aromatic nitrogens is 1. The molecule has 0 saturated heterocycles. The first kappa shape index (κ1) is 46.9. The van der Waals surface area contributed by atoms with E-state index in [4.69, 9.17) is 33.9 Å². The number of hydrogen-bond acceptors (Lipinski definition) is 13. The van der Waals surface area contributed by atoms with E-state index in [1.807, 2.05) is 37.3 Å². The van der Waals surface area contributed by atoms with E-state index in [0.717, 1.165) is 22.3 Å². The summed E-state index contributed by atoms with van der Waals surface area (Å²) >= 11 is 0. The maximum atomic E-state index is 14.1. The van der Waals surface area contributed by atoms with Gasteiger partial charge in [-0.1, -0.05) is 42.5 Å². The maximum Gasteiger partial charge on any atom is 0.257 e. The number of nitrogens with one attached hydrogen (secondary N) is 2. The fourth-order valence-electron chi connectivity index (χ4n) is 8.78. The van der Waals surface area contributed by atoms with Crippen LogP contribution in [0.5, 0.6) is 23.0 Å². The van der Waals surface area contributed by atoms with Crippen molar-refractivity contribution in [3.63, 3.8) is 0 Å². The molecule has 0 fully saturated rings. The summed E-state index contributed by atoms with van der Waals surface area (Å²) in [6, 6.07) is 25.1. The Morgan fingerprint density at radius 2 is 1.19 bits per heavy atom. The second-order valence-electron chi connectivity index (χ2n) is 16.9. The molecule has 5 aromatic rings. The van der Waals surface area contributed by atoms with Crippen LogP contribution in [0.25, 0.3) is 11.1 Å². The van der Waals surface area contributed by atoms with Crippen LogP contribution < -0.4 is 28.4 Å². The molecule has 2 amide bonds. The number of fused-ring (bicyclic) bond motifs is 4. The molecule has 2 atom stereocenters. The lowest BCUT2D eigenvalue weighted by atomic mass is 9.85. The van der Waals surface area contributed by atoms with E-state index in [1.54, 1.807) is 95.0 Å². The zero-order valence-electron chi connectivity index (χ0n) is 38.4. The largest absolute Gasteiger partial charge is 0.493 e. The monoisotopic (exact) mass is 971 g/mol. The van der Waals surface area contributed by atoms with E-state index in [0.29, 0.717) is 82.8 Å². The highest BCUT2D eigenvalue weighted by molar-refractivity contribution is 7.89. The molecule has 9 rings (SSSR count). The van der Waals surface area contributed by atoms with Gasteiger partial charge in [-0.15, -0.1) is 0 Å². The fraction of sp³-hybridized carbons (Fsp3) is 0.260. The fourth-order valence-corrected chi connectivity index (χ4v) is 10.2. The van der Waals surface area contributed by atoms with Crippen LogP contribution in [-0.4, -0.2) is 109 Å². The summed E-state index contributed by atoms with van der Waals surface area (Å²) in [5.74, 6) is 1.03. The van der Waals surface area contributed by atoms with Crippen molar-refractivity contribution in [1.29, 1.82) is 0 Å². The van der Waals surface area contributed by atoms with Gasteiger partial charge in [0.1, 0.15) is 13.2 Å². The van der Waals surface area contributed by atoms with Gasteiger partial charge in [0, 0.05) is 44.1 Å². The van der Waals surface area contributed by atoms with Gasteiger partial charge in [-0.25, -0.2) is 26.3 Å². The van der Waals surface area contributed by atoms with Crippen molar-refractivity contribution in [2.45, 2.75) is 54.4 Å². The van der Waals surface area contributed by atoms with Crippen LogP contribution in [0.15, 0.2) is 123 Å². The first-order chi connectivity index (χ1) is 33.1. The predicted octanol–water partition coefficient (Wildman–Crippen LogP) is 6.49. The van der Waals surface area contributed by atoms with Gasteiger partial charge in [-0.2, -0.15) is 0 Å². The van der Waals surface area contributed by atoms with Crippen LogP contribution in [0, 0.1) is 0 Å². The Bertz CT molecular complexity index is 3230. The molecule has 0 spiro atoms. The number of amides is 2. The summed E-state index contributed by atoms with van der Waals surface area (Å²) in [4.78, 5) is 46.2. The lowest BCUT2D eigenvalue weighted by Gasteiger charge is -2.41. The molecular formula is C50H49N7O10S2. The Morgan fingerprint density at radius 1 is 0.667 bits per heavy atom. The van der Waals surface area contributed by atoms with Crippen molar-refractivity contribution in [2.24, 2.45) is 9.98 Å². The third-order valence-corrected chi connectivity index (χ3v) is 15.5. The molecule has 5 heterocycles. The number of pyridine rings is 1. The summed E-state index contributed by atoms with van der Waals surface area (Å²) in [5.41, 5.74) is 5.68. The quantitative estimate of drug-likeness (QED) is 0.123. The normalized spacial score (nSPS) is 18.7. The molecule has 0 bridgehead atoms. The van der Waals surface area contributed by atoms with Crippen LogP contribution in [0.3, 0.4) is 0 Å². The van der Waals surface area contributed by atoms with Gasteiger partial charge in [-0.3, -0.25) is 24.6 Å². The van der Waals surface area contributed by atoms with E-state index in [2.05, 4.69) is 9.44 Å². The Labute approximate surface area is 400 Å². The Kier molecular flexibility index (Phi) is 12.7. The van der Waals surface area contributed by atoms with Gasteiger partial charge in [0.25, 0.3) is 11.8 Å². The number of rotatable bonds is 14. The van der Waals surface area contributed by atoms with Crippen LogP contribution in [-0.2, 0) is 33.3 Å². The van der Waals surface area contributed by atoms with E-state index >= 15 is 0 Å². The van der Waals surface area contributed by atoms with E-state index in [9.17, 15) is 26.4 Å². The number of sulfonamides is 2. The van der Waals surface area contributed by atoms with Crippen LogP contribution >= 0.6 is 0 Å². The predicted molar refractivity (Wildman–Crippen MR) is 260 cm³/mol. The second-order valence-corrected chi connectivity index (χ2v) is 20.6. The molecule has 17 nitrogen and oxygen atoms in total. The summed E-state index contributed by atoms with van der Waals surface area (Å²) in [6.45, 7) is 2.73. The molecule has 4 aromatic carbocycles. The molecular weight excluding hydrogens is 923 g/mol.